The van der Waals surface area contributed by atoms with Crippen molar-refractivity contribution in [3.05, 3.63) is 29.8 Å². The highest BCUT2D eigenvalue weighted by molar-refractivity contribution is 7.47. The Labute approximate surface area is 76.8 Å². The van der Waals surface area contributed by atoms with Crippen LogP contribution in [0.3, 0.4) is 0 Å². The molecule has 0 atom stereocenters. The highest BCUT2D eigenvalue weighted by atomic mass is 32.1. The third-order valence-electron chi connectivity index (χ3n) is 1.62. The van der Waals surface area contributed by atoms with E-state index in [9.17, 15) is 4.79 Å². The maximum Gasteiger partial charge on any atom is 0.162 e. The Morgan fingerprint density at radius 3 is 2.42 bits per heavy atom. The standard InChI is InChI=1S/C9H9NOS/c1-2-9(11)7-3-5-8(10-12)6-4-7/h3-6H,2H2,1H3. The summed E-state index contributed by atoms with van der Waals surface area (Å²) in [5.74, 6) is 0.144. The molecule has 0 saturated carbocycles. The van der Waals surface area contributed by atoms with Crippen molar-refractivity contribution in [1.82, 2.24) is 0 Å². The minimum absolute atomic E-state index is 0.144. The fourth-order valence-electron chi connectivity index (χ4n) is 0.912. The second-order valence-electron chi connectivity index (χ2n) is 2.41. The van der Waals surface area contributed by atoms with Gasteiger partial charge in [0.1, 0.15) is 0 Å². The zero-order valence-electron chi connectivity index (χ0n) is 6.78. The van der Waals surface area contributed by atoms with Crippen molar-refractivity contribution >= 4 is 23.9 Å². The Morgan fingerprint density at radius 2 is 2.00 bits per heavy atom. The van der Waals surface area contributed by atoms with Crippen LogP contribution in [0.15, 0.2) is 28.6 Å². The van der Waals surface area contributed by atoms with Crippen molar-refractivity contribution in [2.24, 2.45) is 4.36 Å². The molecule has 12 heavy (non-hydrogen) atoms. The number of Topliss-reactive ketones (excluding diaryl/α,β-unsaturated/α-hetero) is 1. The van der Waals surface area contributed by atoms with Gasteiger partial charge in [-0.1, -0.05) is 6.92 Å². The molecule has 1 rings (SSSR count). The molecule has 62 valence electrons. The first kappa shape index (κ1) is 9.00. The van der Waals surface area contributed by atoms with Gasteiger partial charge in [0.15, 0.2) is 5.78 Å². The zero-order chi connectivity index (χ0) is 8.97. The number of benzene rings is 1. The molecular weight excluding hydrogens is 170 g/mol. The predicted molar refractivity (Wildman–Crippen MR) is 50.5 cm³/mol. The van der Waals surface area contributed by atoms with E-state index < -0.39 is 0 Å². The van der Waals surface area contributed by atoms with Gasteiger partial charge in [0.25, 0.3) is 0 Å². The Balaban J connectivity index is 2.91. The first-order valence-corrected chi connectivity index (χ1v) is 4.11. The van der Waals surface area contributed by atoms with Crippen LogP contribution < -0.4 is 0 Å². The summed E-state index contributed by atoms with van der Waals surface area (Å²) >= 11 is 4.50. The number of hydrogen-bond donors (Lipinski definition) is 0. The first-order chi connectivity index (χ1) is 5.77. The molecule has 0 bridgehead atoms. The van der Waals surface area contributed by atoms with Crippen LogP contribution in [0.5, 0.6) is 0 Å². The molecule has 2 nitrogen and oxygen atoms in total. The number of carbonyl (C=O) groups excluding carboxylic acids is 1. The zero-order valence-corrected chi connectivity index (χ0v) is 7.60. The van der Waals surface area contributed by atoms with Crippen LogP contribution in [0.25, 0.3) is 0 Å². The summed E-state index contributed by atoms with van der Waals surface area (Å²) in [7, 11) is 0. The lowest BCUT2D eigenvalue weighted by Crippen LogP contribution is -1.94. The highest BCUT2D eigenvalue weighted by Crippen LogP contribution is 2.13. The van der Waals surface area contributed by atoms with Gasteiger partial charge in [-0.3, -0.25) is 4.79 Å². The maximum atomic E-state index is 11.2. The number of rotatable bonds is 3. The van der Waals surface area contributed by atoms with Crippen LogP contribution in [0.4, 0.5) is 5.69 Å². The van der Waals surface area contributed by atoms with Crippen LogP contribution in [0.1, 0.15) is 23.7 Å². The van der Waals surface area contributed by atoms with Gasteiger partial charge in [-0.05, 0) is 24.3 Å². The summed E-state index contributed by atoms with van der Waals surface area (Å²) in [4.78, 5) is 11.2. The Kier molecular flexibility index (Phi) is 3.05. The third-order valence-corrected chi connectivity index (χ3v) is 1.83. The average molecular weight is 179 g/mol. The number of carbonyl (C=O) groups is 1. The van der Waals surface area contributed by atoms with E-state index in [1.807, 2.05) is 6.92 Å². The molecule has 3 heteroatoms. The van der Waals surface area contributed by atoms with Crippen LogP contribution in [0, 0.1) is 0 Å². The van der Waals surface area contributed by atoms with Gasteiger partial charge < -0.3 is 0 Å². The molecule has 0 radical (unpaired) electrons. The van der Waals surface area contributed by atoms with Gasteiger partial charge in [-0.25, -0.2) is 0 Å². The number of nitrogens with zero attached hydrogens (tertiary/aromatic N) is 1. The highest BCUT2D eigenvalue weighted by Gasteiger charge is 2.00. The van der Waals surface area contributed by atoms with E-state index in [0.29, 0.717) is 6.42 Å². The first-order valence-electron chi connectivity index (χ1n) is 3.74. The summed E-state index contributed by atoms with van der Waals surface area (Å²) in [6.45, 7) is 1.84. The molecule has 0 unspecified atom stereocenters. The third kappa shape index (κ3) is 1.95. The average Bonchev–Trinajstić information content (AvgIpc) is 2.17. The molecular formula is C9H9NOS. The van der Waals surface area contributed by atoms with E-state index in [-0.39, 0.29) is 5.78 Å². The van der Waals surface area contributed by atoms with Gasteiger partial charge in [0, 0.05) is 24.4 Å². The second-order valence-corrected chi connectivity index (χ2v) is 2.60. The molecule has 0 aromatic heterocycles. The molecule has 0 aliphatic heterocycles. The topological polar surface area (TPSA) is 29.4 Å². The normalized spacial score (nSPS) is 9.42. The smallest absolute Gasteiger partial charge is 0.162 e. The van der Waals surface area contributed by atoms with E-state index in [2.05, 4.69) is 16.8 Å². The van der Waals surface area contributed by atoms with Crippen LogP contribution in [-0.2, 0) is 12.4 Å². The number of ketones is 1. The van der Waals surface area contributed by atoms with E-state index >= 15 is 0 Å². The Morgan fingerprint density at radius 1 is 1.42 bits per heavy atom. The van der Waals surface area contributed by atoms with Crippen LogP contribution in [0.2, 0.25) is 0 Å². The van der Waals surface area contributed by atoms with Gasteiger partial charge in [-0.2, -0.15) is 4.36 Å². The minimum atomic E-state index is 0.144. The largest absolute Gasteiger partial charge is 0.294 e. The van der Waals surface area contributed by atoms with Crippen molar-refractivity contribution in [2.75, 3.05) is 0 Å². The molecule has 0 heterocycles. The lowest BCUT2D eigenvalue weighted by atomic mass is 10.1. The van der Waals surface area contributed by atoms with E-state index in [1.165, 1.54) is 0 Å². The molecule has 0 aliphatic carbocycles. The second kappa shape index (κ2) is 4.07. The van der Waals surface area contributed by atoms with E-state index in [4.69, 9.17) is 0 Å². The minimum Gasteiger partial charge on any atom is -0.294 e. The molecule has 0 N–H and O–H groups in total. The fraction of sp³-hybridized carbons (Fsp3) is 0.222. The summed E-state index contributed by atoms with van der Waals surface area (Å²) in [6.07, 6.45) is 0.532. The van der Waals surface area contributed by atoms with Crippen molar-refractivity contribution in [3.63, 3.8) is 0 Å². The van der Waals surface area contributed by atoms with Crippen molar-refractivity contribution < 1.29 is 4.79 Å². The summed E-state index contributed by atoms with van der Waals surface area (Å²) < 4.78 is 3.57. The van der Waals surface area contributed by atoms with Crippen molar-refractivity contribution in [3.8, 4) is 0 Å². The van der Waals surface area contributed by atoms with E-state index in [0.717, 1.165) is 11.3 Å². The lowest BCUT2D eigenvalue weighted by molar-refractivity contribution is 0.0988. The van der Waals surface area contributed by atoms with Gasteiger partial charge in [0.05, 0.1) is 5.69 Å². The van der Waals surface area contributed by atoms with Gasteiger partial charge in [0.2, 0.25) is 0 Å². The SMILES string of the molecule is CCC(=O)c1ccc(N=S)cc1. The molecule has 1 aromatic rings. The van der Waals surface area contributed by atoms with Crippen molar-refractivity contribution in [2.45, 2.75) is 13.3 Å². The summed E-state index contributed by atoms with van der Waals surface area (Å²) in [6, 6.07) is 6.99. The molecule has 0 spiro atoms. The molecule has 0 aliphatic rings. The molecule has 1 aromatic carbocycles. The predicted octanol–water partition coefficient (Wildman–Crippen LogP) is 2.64. The van der Waals surface area contributed by atoms with Gasteiger partial charge in [-0.15, -0.1) is 0 Å². The monoisotopic (exact) mass is 179 g/mol. The fourth-order valence-corrected chi connectivity index (χ4v) is 1.03. The molecule has 0 amide bonds. The van der Waals surface area contributed by atoms with E-state index in [1.54, 1.807) is 24.3 Å². The Bertz CT molecular complexity index is 292. The summed E-state index contributed by atoms with van der Waals surface area (Å²) in [5.41, 5.74) is 1.44. The van der Waals surface area contributed by atoms with Crippen LogP contribution in [-0.4, -0.2) is 5.78 Å². The molecule has 0 saturated heterocycles. The van der Waals surface area contributed by atoms with Crippen molar-refractivity contribution in [1.29, 1.82) is 0 Å². The molecule has 0 fully saturated rings. The Hall–Kier alpha value is -1.09. The van der Waals surface area contributed by atoms with Crippen LogP contribution >= 0.6 is 0 Å². The summed E-state index contributed by atoms with van der Waals surface area (Å²) in [5, 5.41) is 0. The number of hydrogen-bond acceptors (Lipinski definition) is 3. The quantitative estimate of drug-likeness (QED) is 0.667. The maximum absolute atomic E-state index is 11.2. The lowest BCUT2D eigenvalue weighted by Gasteiger charge is -1.96. The van der Waals surface area contributed by atoms with Gasteiger partial charge >= 0.3 is 0 Å².